The zero-order valence-electron chi connectivity index (χ0n) is 16.4. The summed E-state index contributed by atoms with van der Waals surface area (Å²) in [5.41, 5.74) is 1.31. The van der Waals surface area contributed by atoms with Gasteiger partial charge < -0.3 is 16.0 Å². The summed E-state index contributed by atoms with van der Waals surface area (Å²) < 4.78 is 0. The predicted octanol–water partition coefficient (Wildman–Crippen LogP) is 4.74. The van der Waals surface area contributed by atoms with Crippen molar-refractivity contribution in [1.29, 1.82) is 0 Å². The lowest BCUT2D eigenvalue weighted by Crippen LogP contribution is -2.44. The maximum atomic E-state index is 12.8. The quantitative estimate of drug-likeness (QED) is 0.586. The SMILES string of the molecule is CC(=O)Nc1cccc(NC(=O)C(CC(C)C)NC(=O)c2ccc(Cl)cc2Cl)c1. The Morgan fingerprint density at radius 3 is 2.21 bits per heavy atom. The van der Waals surface area contributed by atoms with Crippen LogP contribution in [-0.2, 0) is 9.59 Å². The molecule has 6 nitrogen and oxygen atoms in total. The van der Waals surface area contributed by atoms with Crippen LogP contribution in [0.1, 0.15) is 37.6 Å². The first-order valence-corrected chi connectivity index (χ1v) is 9.85. The van der Waals surface area contributed by atoms with Crippen LogP contribution in [0.2, 0.25) is 10.0 Å². The van der Waals surface area contributed by atoms with Crippen molar-refractivity contribution in [1.82, 2.24) is 5.32 Å². The molecule has 29 heavy (non-hydrogen) atoms. The van der Waals surface area contributed by atoms with Gasteiger partial charge in [0.25, 0.3) is 5.91 Å². The van der Waals surface area contributed by atoms with Crippen molar-refractivity contribution in [3.8, 4) is 0 Å². The molecule has 3 amide bonds. The number of carbonyl (C=O) groups is 3. The fourth-order valence-corrected chi connectivity index (χ4v) is 3.21. The summed E-state index contributed by atoms with van der Waals surface area (Å²) in [6.07, 6.45) is 0.439. The maximum absolute atomic E-state index is 12.8. The zero-order chi connectivity index (χ0) is 21.6. The van der Waals surface area contributed by atoms with Crippen LogP contribution in [0.3, 0.4) is 0 Å². The number of anilines is 2. The summed E-state index contributed by atoms with van der Waals surface area (Å²) in [7, 11) is 0. The highest BCUT2D eigenvalue weighted by atomic mass is 35.5. The molecule has 0 aliphatic heterocycles. The predicted molar refractivity (Wildman–Crippen MR) is 117 cm³/mol. The summed E-state index contributed by atoms with van der Waals surface area (Å²) in [4.78, 5) is 36.7. The molecule has 2 aromatic rings. The first-order valence-electron chi connectivity index (χ1n) is 9.10. The van der Waals surface area contributed by atoms with E-state index in [0.717, 1.165) is 0 Å². The summed E-state index contributed by atoms with van der Waals surface area (Å²) in [6, 6.07) is 10.6. The summed E-state index contributed by atoms with van der Waals surface area (Å²) in [5.74, 6) is -0.868. The molecule has 0 aliphatic rings. The third-order valence-electron chi connectivity index (χ3n) is 3.96. The first-order chi connectivity index (χ1) is 13.7. The van der Waals surface area contributed by atoms with Crippen LogP contribution in [0.25, 0.3) is 0 Å². The van der Waals surface area contributed by atoms with Crippen molar-refractivity contribution in [3.63, 3.8) is 0 Å². The Labute approximate surface area is 180 Å². The van der Waals surface area contributed by atoms with Crippen LogP contribution in [0, 0.1) is 5.92 Å². The molecule has 0 radical (unpaired) electrons. The van der Waals surface area contributed by atoms with Crippen molar-refractivity contribution < 1.29 is 14.4 Å². The largest absolute Gasteiger partial charge is 0.340 e. The molecule has 2 rings (SSSR count). The van der Waals surface area contributed by atoms with Gasteiger partial charge in [-0.25, -0.2) is 0 Å². The van der Waals surface area contributed by atoms with E-state index < -0.39 is 11.9 Å². The van der Waals surface area contributed by atoms with E-state index in [4.69, 9.17) is 23.2 Å². The second-order valence-corrected chi connectivity index (χ2v) is 7.87. The molecule has 2 aromatic carbocycles. The Kier molecular flexibility index (Phi) is 8.05. The number of amides is 3. The topological polar surface area (TPSA) is 87.3 Å². The fraction of sp³-hybridized carbons (Fsp3) is 0.286. The van der Waals surface area contributed by atoms with Gasteiger partial charge in [-0.1, -0.05) is 43.1 Å². The van der Waals surface area contributed by atoms with Crippen molar-refractivity contribution in [3.05, 3.63) is 58.1 Å². The number of nitrogens with one attached hydrogen (secondary N) is 3. The zero-order valence-corrected chi connectivity index (χ0v) is 17.9. The Morgan fingerprint density at radius 1 is 0.966 bits per heavy atom. The highest BCUT2D eigenvalue weighted by Gasteiger charge is 2.24. The number of hydrogen-bond acceptors (Lipinski definition) is 3. The number of hydrogen-bond donors (Lipinski definition) is 3. The average molecular weight is 436 g/mol. The molecular weight excluding hydrogens is 413 g/mol. The molecular formula is C21H23Cl2N3O3. The van der Waals surface area contributed by atoms with E-state index in [1.54, 1.807) is 30.3 Å². The van der Waals surface area contributed by atoms with Crippen molar-refractivity contribution in [2.24, 2.45) is 5.92 Å². The van der Waals surface area contributed by atoms with Gasteiger partial charge in [-0.05, 0) is 48.7 Å². The van der Waals surface area contributed by atoms with E-state index in [9.17, 15) is 14.4 Å². The van der Waals surface area contributed by atoms with E-state index in [1.807, 2.05) is 13.8 Å². The third-order valence-corrected chi connectivity index (χ3v) is 4.50. The van der Waals surface area contributed by atoms with Gasteiger partial charge in [-0.3, -0.25) is 14.4 Å². The van der Waals surface area contributed by atoms with Crippen LogP contribution in [0.15, 0.2) is 42.5 Å². The molecule has 1 unspecified atom stereocenters. The van der Waals surface area contributed by atoms with E-state index in [0.29, 0.717) is 22.8 Å². The van der Waals surface area contributed by atoms with Crippen molar-refractivity contribution >= 4 is 52.3 Å². The molecule has 8 heteroatoms. The Hall–Kier alpha value is -2.57. The minimum absolute atomic E-state index is 0.164. The lowest BCUT2D eigenvalue weighted by Gasteiger charge is -2.21. The van der Waals surface area contributed by atoms with E-state index in [2.05, 4.69) is 16.0 Å². The van der Waals surface area contributed by atoms with Crippen molar-refractivity contribution in [2.75, 3.05) is 10.6 Å². The number of halogens is 2. The Morgan fingerprint density at radius 2 is 1.62 bits per heavy atom. The molecule has 0 heterocycles. The van der Waals surface area contributed by atoms with Crippen LogP contribution < -0.4 is 16.0 Å². The van der Waals surface area contributed by atoms with Crippen LogP contribution in [0.4, 0.5) is 11.4 Å². The van der Waals surface area contributed by atoms with Crippen LogP contribution in [0.5, 0.6) is 0 Å². The van der Waals surface area contributed by atoms with E-state index in [-0.39, 0.29) is 28.3 Å². The highest BCUT2D eigenvalue weighted by Crippen LogP contribution is 2.22. The summed E-state index contributed by atoms with van der Waals surface area (Å²) in [5, 5.41) is 8.81. The molecule has 0 aliphatic carbocycles. The molecule has 0 aromatic heterocycles. The number of rotatable bonds is 7. The van der Waals surface area contributed by atoms with Crippen LogP contribution >= 0.6 is 23.2 Å². The van der Waals surface area contributed by atoms with Crippen molar-refractivity contribution in [2.45, 2.75) is 33.2 Å². The minimum Gasteiger partial charge on any atom is -0.340 e. The molecule has 0 bridgehead atoms. The Bertz CT molecular complexity index is 916. The van der Waals surface area contributed by atoms with Crippen LogP contribution in [-0.4, -0.2) is 23.8 Å². The maximum Gasteiger partial charge on any atom is 0.253 e. The summed E-state index contributed by atoms with van der Waals surface area (Å²) in [6.45, 7) is 5.32. The second kappa shape index (κ2) is 10.3. The average Bonchev–Trinajstić information content (AvgIpc) is 2.60. The first kappa shape index (κ1) is 22.7. The molecule has 0 fully saturated rings. The lowest BCUT2D eigenvalue weighted by atomic mass is 10.0. The van der Waals surface area contributed by atoms with E-state index in [1.165, 1.54) is 19.1 Å². The summed E-state index contributed by atoms with van der Waals surface area (Å²) >= 11 is 12.0. The minimum atomic E-state index is -0.765. The van der Waals surface area contributed by atoms with Gasteiger partial charge in [0.1, 0.15) is 6.04 Å². The second-order valence-electron chi connectivity index (χ2n) is 7.03. The molecule has 154 valence electrons. The Balaban J connectivity index is 2.15. The standard InChI is InChI=1S/C21H23Cl2N3O3/c1-12(2)9-19(26-20(28)17-8-7-14(22)10-18(17)23)21(29)25-16-6-4-5-15(11-16)24-13(3)27/h4-8,10-12,19H,9H2,1-3H3,(H,24,27)(H,25,29)(H,26,28). The molecule has 1 atom stereocenters. The highest BCUT2D eigenvalue weighted by molar-refractivity contribution is 6.36. The fourth-order valence-electron chi connectivity index (χ4n) is 2.72. The third kappa shape index (κ3) is 7.07. The van der Waals surface area contributed by atoms with Gasteiger partial charge >= 0.3 is 0 Å². The molecule has 0 saturated carbocycles. The monoisotopic (exact) mass is 435 g/mol. The molecule has 3 N–H and O–H groups in total. The van der Waals surface area contributed by atoms with Gasteiger partial charge in [0.05, 0.1) is 10.6 Å². The van der Waals surface area contributed by atoms with Gasteiger partial charge in [-0.2, -0.15) is 0 Å². The number of carbonyl (C=O) groups excluding carboxylic acids is 3. The number of benzene rings is 2. The van der Waals surface area contributed by atoms with Gasteiger partial charge in [-0.15, -0.1) is 0 Å². The normalized spacial score (nSPS) is 11.7. The molecule has 0 spiro atoms. The van der Waals surface area contributed by atoms with Gasteiger partial charge in [0.15, 0.2) is 0 Å². The van der Waals surface area contributed by atoms with Gasteiger partial charge in [0.2, 0.25) is 11.8 Å². The van der Waals surface area contributed by atoms with Gasteiger partial charge in [0, 0.05) is 23.3 Å². The molecule has 0 saturated heterocycles. The van der Waals surface area contributed by atoms with E-state index >= 15 is 0 Å². The lowest BCUT2D eigenvalue weighted by molar-refractivity contribution is -0.118. The smallest absolute Gasteiger partial charge is 0.253 e.